The molecule has 1 saturated heterocycles. The highest BCUT2D eigenvalue weighted by Crippen LogP contribution is 2.32. The standard InChI is InChI=1S/C15H21NO4/c1-10-9-16(8-7-12(10)17)15(18)11-5-4-6-13(19-2)14(11)20-3/h4-6,10,12,17H,7-9H2,1-3H3. The lowest BCUT2D eigenvalue weighted by Gasteiger charge is -2.34. The van der Waals surface area contributed by atoms with Crippen LogP contribution in [-0.2, 0) is 0 Å². The van der Waals surface area contributed by atoms with E-state index in [2.05, 4.69) is 0 Å². The van der Waals surface area contributed by atoms with Crippen LogP contribution in [0.5, 0.6) is 11.5 Å². The summed E-state index contributed by atoms with van der Waals surface area (Å²) in [5, 5.41) is 9.75. The number of hydrogen-bond donors (Lipinski definition) is 1. The van der Waals surface area contributed by atoms with Crippen LogP contribution in [0.15, 0.2) is 18.2 Å². The topological polar surface area (TPSA) is 59.0 Å². The number of amides is 1. The number of aliphatic hydroxyl groups excluding tert-OH is 1. The van der Waals surface area contributed by atoms with E-state index in [1.807, 2.05) is 6.92 Å². The summed E-state index contributed by atoms with van der Waals surface area (Å²) < 4.78 is 10.5. The van der Waals surface area contributed by atoms with Crippen LogP contribution < -0.4 is 9.47 Å². The first-order valence-electron chi connectivity index (χ1n) is 6.76. The van der Waals surface area contributed by atoms with Gasteiger partial charge in [-0.25, -0.2) is 0 Å². The molecule has 1 N–H and O–H groups in total. The number of benzene rings is 1. The second-order valence-corrected chi connectivity index (χ2v) is 5.13. The Balaban J connectivity index is 2.25. The van der Waals surface area contributed by atoms with Crippen molar-refractivity contribution in [3.63, 3.8) is 0 Å². The Morgan fingerprint density at radius 2 is 2.10 bits per heavy atom. The molecule has 20 heavy (non-hydrogen) atoms. The van der Waals surface area contributed by atoms with E-state index in [-0.39, 0.29) is 17.9 Å². The van der Waals surface area contributed by atoms with E-state index < -0.39 is 0 Å². The third-order valence-electron chi connectivity index (χ3n) is 3.78. The van der Waals surface area contributed by atoms with Gasteiger partial charge < -0.3 is 19.5 Å². The first-order valence-corrected chi connectivity index (χ1v) is 6.76. The van der Waals surface area contributed by atoms with Crippen LogP contribution in [0.4, 0.5) is 0 Å². The minimum absolute atomic E-state index is 0.0838. The molecule has 5 nitrogen and oxygen atoms in total. The monoisotopic (exact) mass is 279 g/mol. The fourth-order valence-electron chi connectivity index (χ4n) is 2.54. The van der Waals surface area contributed by atoms with Gasteiger partial charge in [0.25, 0.3) is 5.91 Å². The van der Waals surface area contributed by atoms with Crippen molar-refractivity contribution in [1.29, 1.82) is 0 Å². The van der Waals surface area contributed by atoms with Crippen LogP contribution in [0.3, 0.4) is 0 Å². The number of methoxy groups -OCH3 is 2. The number of rotatable bonds is 3. The van der Waals surface area contributed by atoms with Crippen molar-refractivity contribution in [1.82, 2.24) is 4.90 Å². The molecule has 1 heterocycles. The molecule has 0 saturated carbocycles. The van der Waals surface area contributed by atoms with Gasteiger partial charge in [0, 0.05) is 13.1 Å². The summed E-state index contributed by atoms with van der Waals surface area (Å²) in [5.41, 5.74) is 0.496. The lowest BCUT2D eigenvalue weighted by Crippen LogP contribution is -2.45. The first-order chi connectivity index (χ1) is 9.58. The Hall–Kier alpha value is -1.75. The first kappa shape index (κ1) is 14.7. The van der Waals surface area contributed by atoms with Gasteiger partial charge >= 0.3 is 0 Å². The van der Waals surface area contributed by atoms with E-state index in [1.165, 1.54) is 7.11 Å². The van der Waals surface area contributed by atoms with Crippen molar-refractivity contribution in [2.24, 2.45) is 5.92 Å². The van der Waals surface area contributed by atoms with Gasteiger partial charge in [-0.3, -0.25) is 4.79 Å². The van der Waals surface area contributed by atoms with Gasteiger partial charge in [0.05, 0.1) is 25.9 Å². The Morgan fingerprint density at radius 1 is 1.35 bits per heavy atom. The zero-order chi connectivity index (χ0) is 14.7. The maximum Gasteiger partial charge on any atom is 0.257 e. The molecule has 1 aliphatic heterocycles. The molecule has 1 aromatic rings. The number of piperidine rings is 1. The molecule has 110 valence electrons. The van der Waals surface area contributed by atoms with E-state index in [1.54, 1.807) is 30.2 Å². The Kier molecular flexibility index (Phi) is 4.49. The predicted octanol–water partition coefficient (Wildman–Crippen LogP) is 1.55. The molecule has 0 radical (unpaired) electrons. The highest BCUT2D eigenvalue weighted by Gasteiger charge is 2.29. The number of carbonyl (C=O) groups excluding carboxylic acids is 1. The van der Waals surface area contributed by atoms with Crippen molar-refractivity contribution in [2.45, 2.75) is 19.4 Å². The van der Waals surface area contributed by atoms with Gasteiger partial charge in [-0.2, -0.15) is 0 Å². The van der Waals surface area contributed by atoms with Crippen LogP contribution in [0.2, 0.25) is 0 Å². The molecule has 0 aliphatic carbocycles. The minimum atomic E-state index is -0.328. The molecule has 1 amide bonds. The molecule has 5 heteroatoms. The van der Waals surface area contributed by atoms with Gasteiger partial charge in [-0.1, -0.05) is 13.0 Å². The highest BCUT2D eigenvalue weighted by molar-refractivity contribution is 5.97. The van der Waals surface area contributed by atoms with Crippen molar-refractivity contribution in [3.05, 3.63) is 23.8 Å². The second kappa shape index (κ2) is 6.13. The normalized spacial score (nSPS) is 22.5. The molecule has 1 fully saturated rings. The summed E-state index contributed by atoms with van der Waals surface area (Å²) in [4.78, 5) is 14.4. The molecule has 1 aliphatic rings. The van der Waals surface area contributed by atoms with Gasteiger partial charge in [0.1, 0.15) is 0 Å². The summed E-state index contributed by atoms with van der Waals surface area (Å²) in [6.07, 6.45) is 0.283. The Labute approximate surface area is 119 Å². The molecule has 2 unspecified atom stereocenters. The zero-order valence-corrected chi connectivity index (χ0v) is 12.1. The van der Waals surface area contributed by atoms with Gasteiger partial charge in [-0.05, 0) is 24.5 Å². The largest absolute Gasteiger partial charge is 0.493 e. The molecule has 0 bridgehead atoms. The SMILES string of the molecule is COc1cccc(C(=O)N2CCC(O)C(C)C2)c1OC. The van der Waals surface area contributed by atoms with Gasteiger partial charge in [-0.15, -0.1) is 0 Å². The smallest absolute Gasteiger partial charge is 0.257 e. The number of likely N-dealkylation sites (tertiary alicyclic amines) is 1. The van der Waals surface area contributed by atoms with Crippen LogP contribution in [0, 0.1) is 5.92 Å². The van der Waals surface area contributed by atoms with E-state index in [0.717, 1.165) is 0 Å². The number of nitrogens with zero attached hydrogens (tertiary/aromatic N) is 1. The summed E-state index contributed by atoms with van der Waals surface area (Å²) >= 11 is 0. The number of ether oxygens (including phenoxy) is 2. The van der Waals surface area contributed by atoms with E-state index >= 15 is 0 Å². The van der Waals surface area contributed by atoms with Gasteiger partial charge in [0.2, 0.25) is 0 Å². The van der Waals surface area contributed by atoms with Crippen LogP contribution in [0.1, 0.15) is 23.7 Å². The number of hydrogen-bond acceptors (Lipinski definition) is 4. The Bertz CT molecular complexity index is 489. The Morgan fingerprint density at radius 3 is 2.70 bits per heavy atom. The molecule has 2 rings (SSSR count). The van der Waals surface area contributed by atoms with Crippen molar-refractivity contribution in [2.75, 3.05) is 27.3 Å². The lowest BCUT2D eigenvalue weighted by molar-refractivity contribution is 0.0295. The molecule has 2 atom stereocenters. The average molecular weight is 279 g/mol. The molecule has 0 spiro atoms. The van der Waals surface area contributed by atoms with Crippen molar-refractivity contribution in [3.8, 4) is 11.5 Å². The second-order valence-electron chi connectivity index (χ2n) is 5.13. The minimum Gasteiger partial charge on any atom is -0.493 e. The summed E-state index contributed by atoms with van der Waals surface area (Å²) in [6, 6.07) is 5.27. The quantitative estimate of drug-likeness (QED) is 0.912. The van der Waals surface area contributed by atoms with E-state index in [4.69, 9.17) is 9.47 Å². The van der Waals surface area contributed by atoms with Crippen LogP contribution >= 0.6 is 0 Å². The van der Waals surface area contributed by atoms with Crippen LogP contribution in [0.25, 0.3) is 0 Å². The van der Waals surface area contributed by atoms with Crippen molar-refractivity contribution >= 4 is 5.91 Å². The number of aliphatic hydroxyl groups is 1. The molecular weight excluding hydrogens is 258 g/mol. The molecule has 0 aromatic heterocycles. The highest BCUT2D eigenvalue weighted by atomic mass is 16.5. The van der Waals surface area contributed by atoms with Crippen LogP contribution in [-0.4, -0.2) is 49.3 Å². The molecule has 1 aromatic carbocycles. The summed E-state index contributed by atoms with van der Waals surface area (Å²) in [5.74, 6) is 1.01. The average Bonchev–Trinajstić information content (AvgIpc) is 2.48. The van der Waals surface area contributed by atoms with E-state index in [0.29, 0.717) is 36.6 Å². The lowest BCUT2D eigenvalue weighted by atomic mass is 9.96. The van der Waals surface area contributed by atoms with Crippen molar-refractivity contribution < 1.29 is 19.4 Å². The fraction of sp³-hybridized carbons (Fsp3) is 0.533. The van der Waals surface area contributed by atoms with Gasteiger partial charge in [0.15, 0.2) is 11.5 Å². The third-order valence-corrected chi connectivity index (χ3v) is 3.78. The third kappa shape index (κ3) is 2.72. The summed E-state index contributed by atoms with van der Waals surface area (Å²) in [7, 11) is 3.07. The summed E-state index contributed by atoms with van der Waals surface area (Å²) in [6.45, 7) is 3.07. The fourth-order valence-corrected chi connectivity index (χ4v) is 2.54. The van der Waals surface area contributed by atoms with E-state index in [9.17, 15) is 9.90 Å². The predicted molar refractivity (Wildman–Crippen MR) is 75.2 cm³/mol. The maximum atomic E-state index is 12.6. The molecular formula is C15H21NO4. The number of para-hydroxylation sites is 1. The zero-order valence-electron chi connectivity index (χ0n) is 12.1. The maximum absolute atomic E-state index is 12.6. The number of carbonyl (C=O) groups is 1.